The number of benzene rings is 1. The number of nitrogens with zero attached hydrogens (tertiary/aromatic N) is 1. The van der Waals surface area contributed by atoms with Crippen molar-refractivity contribution in [1.29, 1.82) is 0 Å². The van der Waals surface area contributed by atoms with Crippen LogP contribution in [-0.4, -0.2) is 0 Å². The number of halogens is 2. The summed E-state index contributed by atoms with van der Waals surface area (Å²) in [5.41, 5.74) is 4.27. The highest BCUT2D eigenvalue weighted by atomic mass is 127. The molecule has 0 saturated carbocycles. The van der Waals surface area contributed by atoms with Crippen molar-refractivity contribution < 1.29 is 32.9 Å². The van der Waals surface area contributed by atoms with Crippen molar-refractivity contribution in [3.8, 4) is 0 Å². The maximum atomic E-state index is 12.9. The van der Waals surface area contributed by atoms with E-state index >= 15 is 0 Å². The highest BCUT2D eigenvalue weighted by Gasteiger charge is 2.21. The lowest BCUT2D eigenvalue weighted by atomic mass is 9.81. The lowest BCUT2D eigenvalue weighted by Gasteiger charge is -2.24. The second-order valence-corrected chi connectivity index (χ2v) is 5.85. The fraction of sp³-hybridized carbons (Fsp3) is 0.389. The molecule has 3 rings (SSSR count). The molecule has 0 radical (unpaired) electrons. The molecule has 2 aromatic rings. The normalized spacial score (nSPS) is 17.0. The average molecular weight is 397 g/mol. The van der Waals surface area contributed by atoms with E-state index in [9.17, 15) is 4.39 Å². The molecule has 112 valence electrons. The lowest BCUT2D eigenvalue weighted by Crippen LogP contribution is -3.00. The Morgan fingerprint density at radius 2 is 1.95 bits per heavy atom. The molecule has 0 amide bonds. The number of pyridine rings is 1. The highest BCUT2D eigenvalue weighted by molar-refractivity contribution is 5.28. The van der Waals surface area contributed by atoms with Crippen LogP contribution in [0.4, 0.5) is 4.39 Å². The van der Waals surface area contributed by atoms with Gasteiger partial charge >= 0.3 is 0 Å². The first-order chi connectivity index (χ1) is 9.72. The van der Waals surface area contributed by atoms with E-state index < -0.39 is 0 Å². The van der Waals surface area contributed by atoms with Crippen molar-refractivity contribution >= 4 is 0 Å². The second kappa shape index (κ2) is 7.34. The molecule has 0 aliphatic heterocycles. The summed E-state index contributed by atoms with van der Waals surface area (Å²) in [6.45, 7) is 0. The number of fused-ring (bicyclic) bond motifs is 1. The van der Waals surface area contributed by atoms with Gasteiger partial charge in [-0.1, -0.05) is 12.1 Å². The third kappa shape index (κ3) is 4.02. The van der Waals surface area contributed by atoms with E-state index in [1.54, 1.807) is 12.1 Å². The topological polar surface area (TPSA) is 3.88 Å². The lowest BCUT2D eigenvalue weighted by molar-refractivity contribution is -0.672. The molecule has 1 aromatic carbocycles. The number of aryl methyl sites for hydroxylation is 3. The molecule has 1 aliphatic rings. The van der Waals surface area contributed by atoms with Gasteiger partial charge in [-0.15, -0.1) is 0 Å². The quantitative estimate of drug-likeness (QED) is 0.531. The van der Waals surface area contributed by atoms with E-state index in [4.69, 9.17) is 0 Å². The zero-order valence-electron chi connectivity index (χ0n) is 12.4. The van der Waals surface area contributed by atoms with Gasteiger partial charge in [-0.25, -0.2) is 8.96 Å². The Bertz CT molecular complexity index is 595. The minimum absolute atomic E-state index is 0. The Kier molecular flexibility index (Phi) is 5.73. The van der Waals surface area contributed by atoms with E-state index in [1.165, 1.54) is 36.0 Å². The summed E-state index contributed by atoms with van der Waals surface area (Å²) in [5, 5.41) is 0. The smallest absolute Gasteiger partial charge is 0.171 e. The number of hydrogen-bond acceptors (Lipinski definition) is 0. The minimum atomic E-state index is -0.149. The molecule has 1 unspecified atom stereocenters. The van der Waals surface area contributed by atoms with Crippen LogP contribution in [0.3, 0.4) is 0 Å². The van der Waals surface area contributed by atoms with Gasteiger partial charge in [0.25, 0.3) is 0 Å². The SMILES string of the molecule is C[n+]1ccc2c(c1)CCCC2CCc1ccc(F)cc1.[I-]. The third-order valence-corrected chi connectivity index (χ3v) is 4.35. The molecule has 1 aromatic heterocycles. The molecule has 0 bridgehead atoms. The van der Waals surface area contributed by atoms with Gasteiger partial charge in [-0.3, -0.25) is 0 Å². The molecular weight excluding hydrogens is 376 g/mol. The second-order valence-electron chi connectivity index (χ2n) is 5.85. The van der Waals surface area contributed by atoms with Gasteiger partial charge in [0.05, 0.1) is 0 Å². The molecule has 1 nitrogen and oxygen atoms in total. The molecule has 1 atom stereocenters. The Morgan fingerprint density at radius 1 is 1.19 bits per heavy atom. The first-order valence-corrected chi connectivity index (χ1v) is 7.45. The first-order valence-electron chi connectivity index (χ1n) is 7.45. The van der Waals surface area contributed by atoms with Gasteiger partial charge in [0.1, 0.15) is 12.9 Å². The zero-order chi connectivity index (χ0) is 13.9. The molecular formula is C18H21FIN. The predicted molar refractivity (Wildman–Crippen MR) is 78.0 cm³/mol. The summed E-state index contributed by atoms with van der Waals surface area (Å²) in [6, 6.07) is 9.21. The number of aromatic nitrogens is 1. The Labute approximate surface area is 143 Å². The van der Waals surface area contributed by atoms with Crippen molar-refractivity contribution in [2.45, 2.75) is 38.0 Å². The van der Waals surface area contributed by atoms with Crippen molar-refractivity contribution in [1.82, 2.24) is 0 Å². The van der Waals surface area contributed by atoms with Crippen LogP contribution in [0.5, 0.6) is 0 Å². The van der Waals surface area contributed by atoms with Gasteiger partial charge < -0.3 is 24.0 Å². The largest absolute Gasteiger partial charge is 1.00 e. The van der Waals surface area contributed by atoms with E-state index in [-0.39, 0.29) is 29.8 Å². The van der Waals surface area contributed by atoms with Gasteiger partial charge in [0, 0.05) is 11.6 Å². The van der Waals surface area contributed by atoms with E-state index in [0.717, 1.165) is 12.8 Å². The minimum Gasteiger partial charge on any atom is -1.00 e. The van der Waals surface area contributed by atoms with Crippen molar-refractivity contribution in [2.75, 3.05) is 0 Å². The fourth-order valence-electron chi connectivity index (χ4n) is 3.26. The maximum Gasteiger partial charge on any atom is 0.171 e. The van der Waals surface area contributed by atoms with Gasteiger partial charge in [-0.2, -0.15) is 0 Å². The van der Waals surface area contributed by atoms with E-state index in [0.29, 0.717) is 5.92 Å². The van der Waals surface area contributed by atoms with Crippen LogP contribution < -0.4 is 28.5 Å². The van der Waals surface area contributed by atoms with Crippen molar-refractivity contribution in [3.05, 3.63) is 65.2 Å². The Balaban J connectivity index is 0.00000161. The summed E-state index contributed by atoms with van der Waals surface area (Å²) in [4.78, 5) is 0. The summed E-state index contributed by atoms with van der Waals surface area (Å²) < 4.78 is 15.1. The van der Waals surface area contributed by atoms with Crippen molar-refractivity contribution in [2.24, 2.45) is 7.05 Å². The molecule has 0 fully saturated rings. The summed E-state index contributed by atoms with van der Waals surface area (Å²) in [5.74, 6) is 0.509. The maximum absolute atomic E-state index is 12.9. The van der Waals surface area contributed by atoms with Crippen LogP contribution in [0.2, 0.25) is 0 Å². The van der Waals surface area contributed by atoms with E-state index in [1.807, 2.05) is 12.1 Å². The third-order valence-electron chi connectivity index (χ3n) is 4.35. The highest BCUT2D eigenvalue weighted by Crippen LogP contribution is 2.33. The van der Waals surface area contributed by atoms with Crippen LogP contribution in [0.25, 0.3) is 0 Å². The molecule has 1 aliphatic carbocycles. The molecule has 0 spiro atoms. The standard InChI is InChI=1S/C18H21FN.HI/c1-20-12-11-18-15(3-2-4-16(18)13-20)8-5-14-6-9-17(19)10-7-14;/h6-7,9-13,15H,2-5,8H2,1H3;1H/q+1;/p-1. The molecule has 1 heterocycles. The predicted octanol–water partition coefficient (Wildman–Crippen LogP) is 0.707. The van der Waals surface area contributed by atoms with Crippen LogP contribution >= 0.6 is 0 Å². The summed E-state index contributed by atoms with van der Waals surface area (Å²) in [7, 11) is 2.09. The van der Waals surface area contributed by atoms with Gasteiger partial charge in [0.15, 0.2) is 12.4 Å². The fourth-order valence-corrected chi connectivity index (χ4v) is 3.26. The number of rotatable bonds is 3. The zero-order valence-corrected chi connectivity index (χ0v) is 14.5. The molecule has 0 saturated heterocycles. The van der Waals surface area contributed by atoms with Gasteiger partial charge in [0.2, 0.25) is 0 Å². The van der Waals surface area contributed by atoms with Crippen molar-refractivity contribution in [3.63, 3.8) is 0 Å². The Hall–Kier alpha value is -0.970. The first kappa shape index (κ1) is 16.4. The van der Waals surface area contributed by atoms with Crippen LogP contribution in [0.15, 0.2) is 42.7 Å². The monoisotopic (exact) mass is 397 g/mol. The van der Waals surface area contributed by atoms with Crippen LogP contribution in [-0.2, 0) is 19.9 Å². The summed E-state index contributed by atoms with van der Waals surface area (Å²) >= 11 is 0. The van der Waals surface area contributed by atoms with Gasteiger partial charge in [-0.05, 0) is 61.3 Å². The average Bonchev–Trinajstić information content (AvgIpc) is 2.46. The van der Waals surface area contributed by atoms with Crippen LogP contribution in [0.1, 0.15) is 41.9 Å². The number of hydrogen-bond donors (Lipinski definition) is 0. The summed E-state index contributed by atoms with van der Waals surface area (Å²) in [6.07, 6.45) is 10.4. The van der Waals surface area contributed by atoms with E-state index in [2.05, 4.69) is 30.1 Å². The van der Waals surface area contributed by atoms with Crippen LogP contribution in [0, 0.1) is 5.82 Å². The molecule has 21 heavy (non-hydrogen) atoms. The molecule has 3 heteroatoms. The molecule has 0 N–H and O–H groups in total. The Morgan fingerprint density at radius 3 is 2.71 bits per heavy atom.